The number of carbonyl (C=O) groups excluding carboxylic acids is 1. The zero-order chi connectivity index (χ0) is 10.7. The first kappa shape index (κ1) is 10.5. The fourth-order valence-electron chi connectivity index (χ4n) is 1.08. The van der Waals surface area contributed by atoms with E-state index in [4.69, 9.17) is 0 Å². The quantitative estimate of drug-likeness (QED) is 0.562. The van der Waals surface area contributed by atoms with Crippen LogP contribution >= 0.6 is 0 Å². The average molecular weight is 196 g/mol. The highest BCUT2D eigenvalue weighted by Crippen LogP contribution is 2.14. The lowest BCUT2D eigenvalue weighted by atomic mass is 10.2. The van der Waals surface area contributed by atoms with Gasteiger partial charge in [0.1, 0.15) is 6.10 Å². The molecule has 0 saturated heterocycles. The van der Waals surface area contributed by atoms with Crippen LogP contribution in [-0.4, -0.2) is 28.0 Å². The number of esters is 1. The van der Waals surface area contributed by atoms with Gasteiger partial charge in [-0.15, -0.1) is 6.58 Å². The number of rotatable bonds is 3. The summed E-state index contributed by atoms with van der Waals surface area (Å²) in [6, 6.07) is 1.47. The van der Waals surface area contributed by atoms with Crippen LogP contribution in [-0.2, 0) is 11.8 Å². The van der Waals surface area contributed by atoms with E-state index in [9.17, 15) is 9.90 Å². The predicted octanol–water partition coefficient (Wildman–Crippen LogP) is 0.426. The second kappa shape index (κ2) is 4.06. The van der Waals surface area contributed by atoms with Crippen LogP contribution < -0.4 is 0 Å². The number of aryl methyl sites for hydroxylation is 1. The zero-order valence-electron chi connectivity index (χ0n) is 8.10. The third-order valence-corrected chi connectivity index (χ3v) is 1.84. The highest BCUT2D eigenvalue weighted by Gasteiger charge is 2.15. The second-order valence-corrected chi connectivity index (χ2v) is 2.75. The highest BCUT2D eigenvalue weighted by molar-refractivity contribution is 5.87. The number of aromatic nitrogens is 2. The van der Waals surface area contributed by atoms with Crippen LogP contribution in [0.25, 0.3) is 0 Å². The molecule has 1 aromatic heterocycles. The Morgan fingerprint density at radius 3 is 3.00 bits per heavy atom. The molecule has 0 aromatic carbocycles. The van der Waals surface area contributed by atoms with E-state index in [0.29, 0.717) is 5.69 Å². The van der Waals surface area contributed by atoms with E-state index in [0.717, 1.165) is 0 Å². The number of nitrogens with zero attached hydrogens (tertiary/aromatic N) is 2. The number of aliphatic hydroxyl groups excluding tert-OH is 1. The summed E-state index contributed by atoms with van der Waals surface area (Å²) in [4.78, 5) is 11.1. The molecule has 14 heavy (non-hydrogen) atoms. The number of carbonyl (C=O) groups is 1. The van der Waals surface area contributed by atoms with Crippen molar-refractivity contribution in [3.8, 4) is 0 Å². The van der Waals surface area contributed by atoms with E-state index in [-0.39, 0.29) is 5.69 Å². The molecule has 5 nitrogen and oxygen atoms in total. The molecule has 1 aromatic rings. The third kappa shape index (κ3) is 1.82. The second-order valence-electron chi connectivity index (χ2n) is 2.75. The van der Waals surface area contributed by atoms with E-state index in [2.05, 4.69) is 16.4 Å². The Bertz CT molecular complexity index is 357. The van der Waals surface area contributed by atoms with Crippen molar-refractivity contribution in [1.29, 1.82) is 0 Å². The van der Waals surface area contributed by atoms with Gasteiger partial charge >= 0.3 is 5.97 Å². The molecule has 1 unspecified atom stereocenters. The molecular formula is C9H12N2O3. The number of ether oxygens (including phenoxy) is 1. The van der Waals surface area contributed by atoms with Crippen LogP contribution in [0.5, 0.6) is 0 Å². The van der Waals surface area contributed by atoms with Crippen LogP contribution in [0.4, 0.5) is 0 Å². The predicted molar refractivity (Wildman–Crippen MR) is 49.7 cm³/mol. The van der Waals surface area contributed by atoms with Gasteiger partial charge in [-0.1, -0.05) is 6.08 Å². The summed E-state index contributed by atoms with van der Waals surface area (Å²) in [5.41, 5.74) is 0.673. The van der Waals surface area contributed by atoms with Crippen molar-refractivity contribution >= 4 is 5.97 Å². The molecule has 5 heteroatoms. The fourth-order valence-corrected chi connectivity index (χ4v) is 1.08. The summed E-state index contributed by atoms with van der Waals surface area (Å²) in [7, 11) is 2.91. The van der Waals surface area contributed by atoms with Gasteiger partial charge in [0.25, 0.3) is 0 Å². The van der Waals surface area contributed by atoms with Crippen molar-refractivity contribution in [2.45, 2.75) is 6.10 Å². The number of aliphatic hydroxyl groups is 1. The molecule has 0 fully saturated rings. The van der Waals surface area contributed by atoms with E-state index in [1.807, 2.05) is 0 Å². The minimum atomic E-state index is -0.828. The molecule has 1 rings (SSSR count). The maximum atomic E-state index is 11.1. The monoisotopic (exact) mass is 196 g/mol. The smallest absolute Gasteiger partial charge is 0.358 e. The Kier molecular flexibility index (Phi) is 3.03. The normalized spacial score (nSPS) is 12.2. The van der Waals surface area contributed by atoms with Crippen LogP contribution in [0.3, 0.4) is 0 Å². The number of hydrogen-bond donors (Lipinski definition) is 1. The van der Waals surface area contributed by atoms with Crippen molar-refractivity contribution in [1.82, 2.24) is 9.78 Å². The molecule has 1 N–H and O–H groups in total. The maximum Gasteiger partial charge on any atom is 0.358 e. The standard InChI is InChI=1S/C9H12N2O3/c1-4-8(12)7-5-6(9(13)14-3)10-11(7)2/h4-5,8,12H,1H2,2-3H3. The first-order valence-corrected chi connectivity index (χ1v) is 4.03. The summed E-state index contributed by atoms with van der Waals surface area (Å²) in [6.07, 6.45) is 0.531. The van der Waals surface area contributed by atoms with Crippen molar-refractivity contribution in [3.63, 3.8) is 0 Å². The summed E-state index contributed by atoms with van der Waals surface area (Å²) in [6.45, 7) is 3.45. The molecule has 0 aliphatic rings. The van der Waals surface area contributed by atoms with Gasteiger partial charge in [0.2, 0.25) is 0 Å². The highest BCUT2D eigenvalue weighted by atomic mass is 16.5. The maximum absolute atomic E-state index is 11.1. The van der Waals surface area contributed by atoms with Gasteiger partial charge < -0.3 is 9.84 Å². The first-order valence-electron chi connectivity index (χ1n) is 4.03. The Hall–Kier alpha value is -1.62. The van der Waals surface area contributed by atoms with Crippen molar-refractivity contribution in [2.24, 2.45) is 7.05 Å². The Morgan fingerprint density at radius 2 is 2.50 bits per heavy atom. The lowest BCUT2D eigenvalue weighted by Gasteiger charge is -2.03. The summed E-state index contributed by atoms with van der Waals surface area (Å²) < 4.78 is 5.91. The Labute approximate surface area is 81.6 Å². The van der Waals surface area contributed by atoms with Gasteiger partial charge in [-0.05, 0) is 6.07 Å². The van der Waals surface area contributed by atoms with Gasteiger partial charge in [0.05, 0.1) is 12.8 Å². The van der Waals surface area contributed by atoms with Crippen LogP contribution in [0.2, 0.25) is 0 Å². The van der Waals surface area contributed by atoms with E-state index < -0.39 is 12.1 Å². The van der Waals surface area contributed by atoms with Gasteiger partial charge in [0.15, 0.2) is 5.69 Å². The van der Waals surface area contributed by atoms with Crippen molar-refractivity contribution in [3.05, 3.63) is 30.1 Å². The van der Waals surface area contributed by atoms with Gasteiger partial charge in [-0.2, -0.15) is 5.10 Å². The SMILES string of the molecule is C=CC(O)c1cc(C(=O)OC)nn1C. The molecule has 0 aliphatic heterocycles. The van der Waals surface area contributed by atoms with Crippen molar-refractivity contribution in [2.75, 3.05) is 7.11 Å². The fraction of sp³-hybridized carbons (Fsp3) is 0.333. The minimum absolute atomic E-state index is 0.172. The van der Waals surface area contributed by atoms with Crippen molar-refractivity contribution < 1.29 is 14.6 Å². The molecule has 1 atom stereocenters. The van der Waals surface area contributed by atoms with E-state index in [1.54, 1.807) is 7.05 Å². The topological polar surface area (TPSA) is 64.3 Å². The van der Waals surface area contributed by atoms with Gasteiger partial charge in [-0.3, -0.25) is 4.68 Å². The summed E-state index contributed by atoms with van der Waals surface area (Å²) in [5.74, 6) is -0.525. The molecule has 0 spiro atoms. The van der Waals surface area contributed by atoms with Crippen LogP contribution in [0.15, 0.2) is 18.7 Å². The van der Waals surface area contributed by atoms with Gasteiger partial charge in [-0.25, -0.2) is 4.79 Å². The molecule has 0 radical (unpaired) electrons. The molecule has 0 aliphatic carbocycles. The van der Waals surface area contributed by atoms with Crippen LogP contribution in [0.1, 0.15) is 22.3 Å². The molecule has 0 saturated carbocycles. The van der Waals surface area contributed by atoms with Gasteiger partial charge in [0, 0.05) is 7.05 Å². The van der Waals surface area contributed by atoms with E-state index in [1.165, 1.54) is 23.9 Å². The molecule has 76 valence electrons. The third-order valence-electron chi connectivity index (χ3n) is 1.84. The minimum Gasteiger partial charge on any atom is -0.464 e. The Balaban J connectivity index is 3.04. The number of methoxy groups -OCH3 is 1. The Morgan fingerprint density at radius 1 is 1.86 bits per heavy atom. The molecule has 0 amide bonds. The largest absolute Gasteiger partial charge is 0.464 e. The summed E-state index contributed by atoms with van der Waals surface area (Å²) >= 11 is 0. The summed E-state index contributed by atoms with van der Waals surface area (Å²) in [5, 5.41) is 13.3. The first-order chi connectivity index (χ1) is 6.60. The molecule has 1 heterocycles. The molecule has 0 bridgehead atoms. The lowest BCUT2D eigenvalue weighted by Crippen LogP contribution is -2.04. The number of hydrogen-bond acceptors (Lipinski definition) is 4. The van der Waals surface area contributed by atoms with Crippen LogP contribution in [0, 0.1) is 0 Å². The van der Waals surface area contributed by atoms with E-state index >= 15 is 0 Å². The average Bonchev–Trinajstić information content (AvgIpc) is 2.58. The molecular weight excluding hydrogens is 184 g/mol. The zero-order valence-corrected chi connectivity index (χ0v) is 8.10. The lowest BCUT2D eigenvalue weighted by molar-refractivity contribution is 0.0593.